The number of fused-ring (bicyclic) bond motifs is 2. The monoisotopic (exact) mass is 300 g/mol. The van der Waals surface area contributed by atoms with E-state index in [4.69, 9.17) is 11.6 Å². The van der Waals surface area contributed by atoms with Gasteiger partial charge in [0, 0.05) is 30.2 Å². The van der Waals surface area contributed by atoms with Crippen LogP contribution in [0.15, 0.2) is 29.2 Å². The molecule has 1 aromatic rings. The molecule has 2 aliphatic heterocycles. The topological polar surface area (TPSA) is 49.4 Å². The Morgan fingerprint density at radius 2 is 1.68 bits per heavy atom. The highest BCUT2D eigenvalue weighted by atomic mass is 35.5. The van der Waals surface area contributed by atoms with Crippen molar-refractivity contribution in [1.82, 2.24) is 9.62 Å². The van der Waals surface area contributed by atoms with Crippen molar-refractivity contribution in [3.8, 4) is 0 Å². The van der Waals surface area contributed by atoms with E-state index in [1.54, 1.807) is 28.6 Å². The number of hydrogen-bond donors (Lipinski definition) is 1. The molecule has 1 aromatic carbocycles. The van der Waals surface area contributed by atoms with Gasteiger partial charge in [0.05, 0.1) is 4.90 Å². The van der Waals surface area contributed by atoms with Gasteiger partial charge in [0.15, 0.2) is 0 Å². The lowest BCUT2D eigenvalue weighted by molar-refractivity contribution is 0.138. The van der Waals surface area contributed by atoms with Gasteiger partial charge in [-0.1, -0.05) is 18.0 Å². The average molecular weight is 301 g/mol. The maximum Gasteiger partial charge on any atom is 0.243 e. The van der Waals surface area contributed by atoms with Crippen LogP contribution in [-0.4, -0.2) is 37.9 Å². The number of piperidine rings is 1. The summed E-state index contributed by atoms with van der Waals surface area (Å²) >= 11 is 5.82. The van der Waals surface area contributed by atoms with E-state index in [-0.39, 0.29) is 12.1 Å². The number of benzene rings is 1. The summed E-state index contributed by atoms with van der Waals surface area (Å²) in [5, 5.41) is 3.88. The van der Waals surface area contributed by atoms with Crippen LogP contribution in [0.5, 0.6) is 0 Å². The second kappa shape index (κ2) is 5.05. The molecule has 0 unspecified atom stereocenters. The van der Waals surface area contributed by atoms with E-state index in [9.17, 15) is 8.42 Å². The summed E-state index contributed by atoms with van der Waals surface area (Å²) in [6, 6.07) is 6.63. The maximum absolute atomic E-state index is 12.8. The standard InChI is InChI=1S/C13H17ClN2O2S/c14-10-4-6-13(7-5-10)19(17,18)16-11-2-1-3-12(16)9-15-8-11/h4-7,11-12,15H,1-3,8-9H2/t11-,12-/m0/s1. The molecule has 0 spiro atoms. The van der Waals surface area contributed by atoms with Crippen LogP contribution in [0.3, 0.4) is 0 Å². The molecular formula is C13H17ClN2O2S. The summed E-state index contributed by atoms with van der Waals surface area (Å²) in [5.74, 6) is 0. The Bertz CT molecular complexity index is 537. The molecule has 2 saturated heterocycles. The normalized spacial score (nSPS) is 28.3. The van der Waals surface area contributed by atoms with Crippen LogP contribution >= 0.6 is 11.6 Å². The van der Waals surface area contributed by atoms with Crippen molar-refractivity contribution in [3.05, 3.63) is 29.3 Å². The smallest absolute Gasteiger partial charge is 0.243 e. The van der Waals surface area contributed by atoms with Crippen molar-refractivity contribution < 1.29 is 8.42 Å². The maximum atomic E-state index is 12.8. The van der Waals surface area contributed by atoms with Crippen LogP contribution < -0.4 is 5.32 Å². The third-order valence-electron chi connectivity index (χ3n) is 3.94. The van der Waals surface area contributed by atoms with Crippen LogP contribution in [0.4, 0.5) is 0 Å². The Labute approximate surface area is 118 Å². The predicted molar refractivity (Wildman–Crippen MR) is 74.8 cm³/mol. The van der Waals surface area contributed by atoms with E-state index >= 15 is 0 Å². The van der Waals surface area contributed by atoms with Crippen LogP contribution in [-0.2, 0) is 10.0 Å². The predicted octanol–water partition coefficient (Wildman–Crippen LogP) is 1.85. The molecule has 19 heavy (non-hydrogen) atoms. The van der Waals surface area contributed by atoms with Crippen molar-refractivity contribution in [2.75, 3.05) is 13.1 Å². The van der Waals surface area contributed by atoms with Gasteiger partial charge in [0.2, 0.25) is 10.0 Å². The molecule has 4 nitrogen and oxygen atoms in total. The Hall–Kier alpha value is -0.620. The molecular weight excluding hydrogens is 284 g/mol. The Balaban J connectivity index is 1.97. The van der Waals surface area contributed by atoms with Gasteiger partial charge in [-0.3, -0.25) is 0 Å². The molecule has 2 bridgehead atoms. The second-order valence-corrected chi connectivity index (χ2v) is 7.47. The number of nitrogens with one attached hydrogen (secondary N) is 1. The van der Waals surface area contributed by atoms with Crippen LogP contribution in [0.25, 0.3) is 0 Å². The third-order valence-corrected chi connectivity index (χ3v) is 6.21. The molecule has 3 rings (SSSR count). The Kier molecular flexibility index (Phi) is 3.55. The SMILES string of the molecule is O=S(=O)(c1ccc(Cl)cc1)N1[C@H]2CCC[C@H]1CNC2. The molecule has 2 heterocycles. The van der Waals surface area contributed by atoms with Gasteiger partial charge < -0.3 is 5.32 Å². The zero-order chi connectivity index (χ0) is 13.5. The lowest BCUT2D eigenvalue weighted by Crippen LogP contribution is -2.61. The molecule has 1 N–H and O–H groups in total. The van der Waals surface area contributed by atoms with E-state index in [1.165, 1.54) is 0 Å². The molecule has 2 aliphatic rings. The Morgan fingerprint density at radius 3 is 2.26 bits per heavy atom. The van der Waals surface area contributed by atoms with Crippen molar-refractivity contribution >= 4 is 21.6 Å². The minimum absolute atomic E-state index is 0.0909. The van der Waals surface area contributed by atoms with Gasteiger partial charge in [-0.2, -0.15) is 4.31 Å². The zero-order valence-electron chi connectivity index (χ0n) is 10.5. The first kappa shape index (κ1) is 13.4. The first-order chi connectivity index (χ1) is 9.09. The van der Waals surface area contributed by atoms with Gasteiger partial charge in [-0.25, -0.2) is 8.42 Å². The lowest BCUT2D eigenvalue weighted by Gasteiger charge is -2.45. The first-order valence-electron chi connectivity index (χ1n) is 6.59. The molecule has 0 radical (unpaired) electrons. The van der Waals surface area contributed by atoms with Crippen molar-refractivity contribution in [1.29, 1.82) is 0 Å². The fourth-order valence-electron chi connectivity index (χ4n) is 3.06. The summed E-state index contributed by atoms with van der Waals surface area (Å²) < 4.78 is 27.3. The molecule has 2 atom stereocenters. The van der Waals surface area contributed by atoms with Gasteiger partial charge >= 0.3 is 0 Å². The highest BCUT2D eigenvalue weighted by molar-refractivity contribution is 7.89. The number of rotatable bonds is 2. The highest BCUT2D eigenvalue weighted by Crippen LogP contribution is 2.31. The fraction of sp³-hybridized carbons (Fsp3) is 0.538. The molecule has 104 valence electrons. The minimum Gasteiger partial charge on any atom is -0.314 e. The van der Waals surface area contributed by atoms with Gasteiger partial charge in [0.25, 0.3) is 0 Å². The number of nitrogens with zero attached hydrogens (tertiary/aromatic N) is 1. The largest absolute Gasteiger partial charge is 0.314 e. The molecule has 0 amide bonds. The number of halogens is 1. The minimum atomic E-state index is -3.40. The van der Waals surface area contributed by atoms with Gasteiger partial charge in [0.1, 0.15) is 0 Å². The summed E-state index contributed by atoms with van der Waals surface area (Å²) in [7, 11) is -3.40. The van der Waals surface area contributed by atoms with Crippen molar-refractivity contribution in [2.24, 2.45) is 0 Å². The average Bonchev–Trinajstić information content (AvgIpc) is 2.38. The van der Waals surface area contributed by atoms with E-state index in [2.05, 4.69) is 5.32 Å². The molecule has 6 heteroatoms. The summed E-state index contributed by atoms with van der Waals surface area (Å²) in [6.45, 7) is 1.51. The van der Waals surface area contributed by atoms with Crippen molar-refractivity contribution in [2.45, 2.75) is 36.2 Å². The summed E-state index contributed by atoms with van der Waals surface area (Å²) in [5.41, 5.74) is 0. The summed E-state index contributed by atoms with van der Waals surface area (Å²) in [6.07, 6.45) is 3.00. The third kappa shape index (κ3) is 2.40. The highest BCUT2D eigenvalue weighted by Gasteiger charge is 2.41. The fourth-order valence-corrected chi connectivity index (χ4v) is 5.06. The molecule has 2 fully saturated rings. The van der Waals surface area contributed by atoms with Gasteiger partial charge in [-0.05, 0) is 37.1 Å². The molecule has 0 saturated carbocycles. The molecule has 0 aromatic heterocycles. The molecule has 0 aliphatic carbocycles. The van der Waals surface area contributed by atoms with E-state index < -0.39 is 10.0 Å². The van der Waals surface area contributed by atoms with E-state index in [0.29, 0.717) is 9.92 Å². The number of sulfonamides is 1. The summed E-state index contributed by atoms with van der Waals surface area (Å²) in [4.78, 5) is 0.343. The van der Waals surface area contributed by atoms with Crippen molar-refractivity contribution in [3.63, 3.8) is 0 Å². The van der Waals surface area contributed by atoms with E-state index in [0.717, 1.165) is 32.4 Å². The lowest BCUT2D eigenvalue weighted by atomic mass is 9.95. The Morgan fingerprint density at radius 1 is 1.11 bits per heavy atom. The van der Waals surface area contributed by atoms with Crippen LogP contribution in [0.2, 0.25) is 5.02 Å². The van der Waals surface area contributed by atoms with Crippen LogP contribution in [0.1, 0.15) is 19.3 Å². The van der Waals surface area contributed by atoms with E-state index in [1.807, 2.05) is 0 Å². The zero-order valence-corrected chi connectivity index (χ0v) is 12.1. The second-order valence-electron chi connectivity index (χ2n) is 5.19. The van der Waals surface area contributed by atoms with Gasteiger partial charge in [-0.15, -0.1) is 0 Å². The number of piperazine rings is 1. The quantitative estimate of drug-likeness (QED) is 0.907. The van der Waals surface area contributed by atoms with Crippen LogP contribution in [0, 0.1) is 0 Å². The first-order valence-corrected chi connectivity index (χ1v) is 8.40. The number of hydrogen-bond acceptors (Lipinski definition) is 3.